The van der Waals surface area contributed by atoms with Gasteiger partial charge in [0, 0.05) is 19.0 Å². The van der Waals surface area contributed by atoms with Gasteiger partial charge < -0.3 is 31.3 Å². The third-order valence-corrected chi connectivity index (χ3v) is 10.8. The highest BCUT2D eigenvalue weighted by Gasteiger charge is 2.70. The molecule has 4 rings (SSSR count). The minimum atomic E-state index is -1.09. The quantitative estimate of drug-likeness (QED) is 0.156. The number of amides is 5. The number of rotatable bonds is 15. The van der Waals surface area contributed by atoms with Crippen LogP contribution in [0.2, 0.25) is 0 Å². The lowest BCUT2D eigenvalue weighted by Crippen LogP contribution is -2.62. The number of likely N-dealkylation sites (tertiary alicyclic amines) is 1. The molecule has 0 radical (unpaired) electrons. The molecule has 1 heterocycles. The number of ketones is 1. The number of urea groups is 1. The Labute approximate surface area is 273 Å². The molecule has 6 atom stereocenters. The first kappa shape index (κ1) is 35.7. The molecule has 0 spiro atoms. The molecule has 4 fully saturated rings. The van der Waals surface area contributed by atoms with Crippen LogP contribution in [-0.4, -0.2) is 77.7 Å². The largest absolute Gasteiger partial charge is 0.465 e. The van der Waals surface area contributed by atoms with Crippen LogP contribution in [0.5, 0.6) is 0 Å². The van der Waals surface area contributed by atoms with E-state index in [0.29, 0.717) is 31.9 Å². The van der Waals surface area contributed by atoms with Gasteiger partial charge in [-0.15, -0.1) is 0 Å². The van der Waals surface area contributed by atoms with E-state index in [1.54, 1.807) is 0 Å². The van der Waals surface area contributed by atoms with Crippen LogP contribution in [0.1, 0.15) is 99.8 Å². The van der Waals surface area contributed by atoms with Crippen molar-refractivity contribution in [3.8, 4) is 0 Å². The molecule has 46 heavy (non-hydrogen) atoms. The van der Waals surface area contributed by atoms with E-state index in [4.69, 9.17) is 10.5 Å². The third-order valence-electron chi connectivity index (χ3n) is 10.8. The summed E-state index contributed by atoms with van der Waals surface area (Å²) >= 11 is 0. The van der Waals surface area contributed by atoms with Crippen LogP contribution in [-0.2, 0) is 28.7 Å². The Hall–Kier alpha value is -3.18. The summed E-state index contributed by atoms with van der Waals surface area (Å²) in [5.41, 5.74) is 4.45. The first-order chi connectivity index (χ1) is 21.4. The number of esters is 1. The van der Waals surface area contributed by atoms with Crippen LogP contribution in [0.4, 0.5) is 4.79 Å². The molecule has 0 aromatic heterocycles. The zero-order valence-electron chi connectivity index (χ0n) is 28.6. The highest BCUT2D eigenvalue weighted by atomic mass is 16.5. The van der Waals surface area contributed by atoms with Crippen molar-refractivity contribution in [1.82, 2.24) is 20.9 Å². The Balaban J connectivity index is 1.44. The normalized spacial score (nSPS) is 25.4. The fraction of sp³-hybridized carbons (Fsp3) is 0.824. The zero-order chi connectivity index (χ0) is 34.1. The van der Waals surface area contributed by atoms with Crippen LogP contribution in [0.3, 0.4) is 0 Å². The van der Waals surface area contributed by atoms with Crippen molar-refractivity contribution in [2.75, 3.05) is 13.2 Å². The van der Waals surface area contributed by atoms with Gasteiger partial charge in [0.1, 0.15) is 12.1 Å². The van der Waals surface area contributed by atoms with Gasteiger partial charge in [-0.05, 0) is 66.1 Å². The van der Waals surface area contributed by atoms with E-state index in [2.05, 4.69) is 29.8 Å². The number of hydrogen-bond donors (Lipinski definition) is 4. The molecule has 5 amide bonds. The van der Waals surface area contributed by atoms with E-state index in [1.807, 2.05) is 34.6 Å². The smallest absolute Gasteiger partial charge is 0.315 e. The minimum Gasteiger partial charge on any atom is -0.465 e. The van der Waals surface area contributed by atoms with E-state index < -0.39 is 47.2 Å². The molecule has 12 nitrogen and oxygen atoms in total. The lowest BCUT2D eigenvalue weighted by Gasteiger charge is -2.38. The zero-order valence-corrected chi connectivity index (χ0v) is 28.6. The molecule has 3 saturated carbocycles. The van der Waals surface area contributed by atoms with Crippen molar-refractivity contribution in [1.29, 1.82) is 0 Å². The van der Waals surface area contributed by atoms with Crippen LogP contribution < -0.4 is 21.7 Å². The Morgan fingerprint density at radius 2 is 1.61 bits per heavy atom. The van der Waals surface area contributed by atoms with Crippen molar-refractivity contribution in [3.63, 3.8) is 0 Å². The molecule has 0 aromatic rings. The van der Waals surface area contributed by atoms with E-state index in [-0.39, 0.29) is 53.4 Å². The number of Topliss-reactive ketones (excluding diaryl/α,β-unsaturated/α-hetero) is 1. The summed E-state index contributed by atoms with van der Waals surface area (Å²) in [7, 11) is 0. The van der Waals surface area contributed by atoms with Crippen LogP contribution in [0, 0.1) is 40.4 Å². The summed E-state index contributed by atoms with van der Waals surface area (Å²) in [6, 6.07) is -3.70. The topological polar surface area (TPSA) is 177 Å². The SMILES string of the molecule is CC(C)[C@@H](CCC(=O)OCC1CC1)NC(=O)N[C@H](C(=O)N1C[C@H]2[C@@H]([C@H]1C(=O)NC(CC1CCC1)C(=O)C(N)=O)C2(C)C)C(C)(C)C. The minimum absolute atomic E-state index is 0.0303. The summed E-state index contributed by atoms with van der Waals surface area (Å²) in [6.07, 6.45) is 6.00. The van der Waals surface area contributed by atoms with Gasteiger partial charge in [0.2, 0.25) is 17.6 Å². The van der Waals surface area contributed by atoms with E-state index >= 15 is 0 Å². The Morgan fingerprint density at radius 1 is 0.957 bits per heavy atom. The second-order valence-corrected chi connectivity index (χ2v) is 16.1. The van der Waals surface area contributed by atoms with Crippen molar-refractivity contribution in [2.45, 2.75) is 124 Å². The summed E-state index contributed by atoms with van der Waals surface area (Å²) < 4.78 is 5.34. The summed E-state index contributed by atoms with van der Waals surface area (Å²) in [5.74, 6) is -2.36. The highest BCUT2D eigenvalue weighted by molar-refractivity contribution is 6.37. The summed E-state index contributed by atoms with van der Waals surface area (Å²) in [6.45, 7) is 14.4. The maximum atomic E-state index is 14.2. The number of primary amides is 1. The molecule has 12 heteroatoms. The summed E-state index contributed by atoms with van der Waals surface area (Å²) in [4.78, 5) is 79.8. The van der Waals surface area contributed by atoms with Crippen molar-refractivity contribution < 1.29 is 33.5 Å². The highest BCUT2D eigenvalue weighted by Crippen LogP contribution is 2.65. The lowest BCUT2D eigenvalue weighted by molar-refractivity contribution is -0.145. The lowest BCUT2D eigenvalue weighted by atomic mass is 9.80. The number of fused-ring (bicyclic) bond motifs is 1. The van der Waals surface area contributed by atoms with Crippen LogP contribution in [0.25, 0.3) is 0 Å². The van der Waals surface area contributed by atoms with Gasteiger partial charge in [0.05, 0.1) is 12.6 Å². The first-order valence-corrected chi connectivity index (χ1v) is 17.1. The first-order valence-electron chi connectivity index (χ1n) is 17.1. The molecule has 1 unspecified atom stereocenters. The molecule has 3 aliphatic carbocycles. The van der Waals surface area contributed by atoms with Gasteiger partial charge in [-0.3, -0.25) is 24.0 Å². The summed E-state index contributed by atoms with van der Waals surface area (Å²) in [5, 5.41) is 8.62. The maximum Gasteiger partial charge on any atom is 0.315 e. The standard InChI is InChI=1S/C34H55N5O7/c1-18(2)22(13-14-24(40)46-17-20-11-12-20)37-32(45)38-28(33(3,4)5)31(44)39-16-21-25(34(21,6)7)26(39)30(43)36-23(27(41)29(35)42)15-19-9-8-10-19/h18-23,25-26,28H,8-17H2,1-7H3,(H2,35,42)(H,36,43)(H2,37,38,45)/t21-,22+,23?,25-,26-,28+/m0/s1. The fourth-order valence-corrected chi connectivity index (χ4v) is 7.10. The van der Waals surface area contributed by atoms with E-state index in [1.165, 1.54) is 4.90 Å². The van der Waals surface area contributed by atoms with Gasteiger partial charge in [0.25, 0.3) is 5.91 Å². The number of nitrogens with one attached hydrogen (secondary N) is 3. The molecule has 0 bridgehead atoms. The Bertz CT molecular complexity index is 1200. The molecule has 0 aromatic carbocycles. The molecule has 1 aliphatic heterocycles. The monoisotopic (exact) mass is 645 g/mol. The number of carbonyl (C=O) groups excluding carboxylic acids is 6. The number of nitrogens with two attached hydrogens (primary N) is 1. The number of nitrogens with zero attached hydrogens (tertiary/aromatic N) is 1. The van der Waals surface area contributed by atoms with Gasteiger partial charge >= 0.3 is 12.0 Å². The molecule has 1 saturated heterocycles. The van der Waals surface area contributed by atoms with Crippen molar-refractivity contribution in [3.05, 3.63) is 0 Å². The molecular weight excluding hydrogens is 590 g/mol. The second-order valence-electron chi connectivity index (χ2n) is 16.1. The second kappa shape index (κ2) is 13.9. The van der Waals surface area contributed by atoms with E-state index in [9.17, 15) is 28.8 Å². The number of hydrogen-bond acceptors (Lipinski definition) is 7. The number of piperidine rings is 1. The Kier molecular flexibility index (Phi) is 10.8. The van der Waals surface area contributed by atoms with E-state index in [0.717, 1.165) is 32.1 Å². The van der Waals surface area contributed by atoms with Crippen LogP contribution in [0.15, 0.2) is 0 Å². The van der Waals surface area contributed by atoms with Gasteiger partial charge in [-0.1, -0.05) is 67.7 Å². The van der Waals surface area contributed by atoms with Gasteiger partial charge in [0.15, 0.2) is 0 Å². The third kappa shape index (κ3) is 8.39. The van der Waals surface area contributed by atoms with Crippen LogP contribution >= 0.6 is 0 Å². The predicted molar refractivity (Wildman–Crippen MR) is 171 cm³/mol. The maximum absolute atomic E-state index is 14.2. The fourth-order valence-electron chi connectivity index (χ4n) is 7.10. The van der Waals surface area contributed by atoms with Crippen molar-refractivity contribution >= 4 is 35.5 Å². The molecule has 4 aliphatic rings. The van der Waals surface area contributed by atoms with Gasteiger partial charge in [-0.25, -0.2) is 4.79 Å². The predicted octanol–water partition coefficient (Wildman–Crippen LogP) is 2.67. The molecular formula is C34H55N5O7. The average molecular weight is 646 g/mol. The molecule has 5 N–H and O–H groups in total. The number of carbonyl (C=O) groups is 6. The Morgan fingerprint density at radius 3 is 2.13 bits per heavy atom. The average Bonchev–Trinajstić information content (AvgIpc) is 3.80. The number of ether oxygens (including phenoxy) is 1. The van der Waals surface area contributed by atoms with Crippen molar-refractivity contribution in [2.24, 2.45) is 46.2 Å². The molecule has 258 valence electrons. The van der Waals surface area contributed by atoms with Gasteiger partial charge in [-0.2, -0.15) is 0 Å².